The first-order chi connectivity index (χ1) is 8.03. The van der Waals surface area contributed by atoms with Crippen LogP contribution in [0.2, 0.25) is 0 Å². The summed E-state index contributed by atoms with van der Waals surface area (Å²) in [4.78, 5) is 0. The summed E-state index contributed by atoms with van der Waals surface area (Å²) in [5, 5.41) is 8.92. The van der Waals surface area contributed by atoms with E-state index in [0.717, 1.165) is 4.31 Å². The van der Waals surface area contributed by atoms with Crippen LogP contribution in [0.3, 0.4) is 0 Å². The van der Waals surface area contributed by atoms with E-state index >= 15 is 0 Å². The molecule has 0 aromatic heterocycles. The molecule has 0 spiro atoms. The van der Waals surface area contributed by atoms with Gasteiger partial charge in [-0.2, -0.15) is 5.26 Å². The van der Waals surface area contributed by atoms with Crippen molar-refractivity contribution in [2.45, 2.75) is 6.42 Å². The summed E-state index contributed by atoms with van der Waals surface area (Å²) in [7, 11) is -1.97. The van der Waals surface area contributed by atoms with Crippen molar-refractivity contribution >= 4 is 27.3 Å². The zero-order valence-corrected chi connectivity index (χ0v) is 11.0. The van der Waals surface area contributed by atoms with Crippen LogP contribution in [0, 0.1) is 11.3 Å². The molecule has 4 nitrogen and oxygen atoms in total. The number of hydrogen-bond acceptors (Lipinski definition) is 3. The lowest BCUT2D eigenvalue weighted by Crippen LogP contribution is -2.29. The van der Waals surface area contributed by atoms with Crippen LogP contribution in [0.5, 0.6) is 0 Å². The molecule has 1 aromatic rings. The molecule has 0 N–H and O–H groups in total. The van der Waals surface area contributed by atoms with E-state index in [9.17, 15) is 8.42 Å². The largest absolute Gasteiger partial charge is 0.272 e. The molecular formula is C11H13ClN2O2S. The maximum Gasteiger partial charge on any atom is 0.234 e. The zero-order valence-electron chi connectivity index (χ0n) is 9.43. The third-order valence-corrected chi connectivity index (χ3v) is 4.42. The highest BCUT2D eigenvalue weighted by atomic mass is 35.5. The predicted molar refractivity (Wildman–Crippen MR) is 68.7 cm³/mol. The fourth-order valence-electron chi connectivity index (χ4n) is 1.37. The van der Waals surface area contributed by atoms with Crippen LogP contribution in [0.15, 0.2) is 24.3 Å². The summed E-state index contributed by atoms with van der Waals surface area (Å²) < 4.78 is 25.0. The maximum atomic E-state index is 11.9. The van der Waals surface area contributed by atoms with Crippen LogP contribution in [0.4, 0.5) is 5.69 Å². The van der Waals surface area contributed by atoms with Crippen molar-refractivity contribution in [1.29, 1.82) is 5.26 Å². The molecule has 92 valence electrons. The second kappa shape index (κ2) is 5.89. The summed E-state index contributed by atoms with van der Waals surface area (Å²) in [6.45, 7) is 0. The van der Waals surface area contributed by atoms with Crippen LogP contribution in [-0.2, 0) is 10.0 Å². The highest BCUT2D eigenvalue weighted by Gasteiger charge is 2.19. The predicted octanol–water partition coefficient (Wildman–Crippen LogP) is 1.95. The molecule has 0 aliphatic heterocycles. The lowest BCUT2D eigenvalue weighted by atomic mass is 10.2. The quantitative estimate of drug-likeness (QED) is 0.770. The van der Waals surface area contributed by atoms with Crippen molar-refractivity contribution in [2.75, 3.05) is 23.0 Å². The van der Waals surface area contributed by atoms with Crippen molar-refractivity contribution < 1.29 is 8.42 Å². The van der Waals surface area contributed by atoms with Crippen LogP contribution < -0.4 is 4.31 Å². The second-order valence-corrected chi connectivity index (χ2v) is 5.95. The van der Waals surface area contributed by atoms with Crippen molar-refractivity contribution in [2.24, 2.45) is 0 Å². The van der Waals surface area contributed by atoms with Crippen molar-refractivity contribution in [3.05, 3.63) is 29.8 Å². The van der Waals surface area contributed by atoms with Crippen LogP contribution in [0.25, 0.3) is 0 Å². The Morgan fingerprint density at radius 1 is 1.41 bits per heavy atom. The van der Waals surface area contributed by atoms with Gasteiger partial charge in [-0.15, -0.1) is 11.6 Å². The van der Waals surface area contributed by atoms with Gasteiger partial charge in [0.2, 0.25) is 10.0 Å². The van der Waals surface area contributed by atoms with Gasteiger partial charge in [-0.3, -0.25) is 4.31 Å². The van der Waals surface area contributed by atoms with Gasteiger partial charge in [-0.25, -0.2) is 8.42 Å². The SMILES string of the molecule is CN(c1ccccc1C#N)S(=O)(=O)CCCCl. The third-order valence-electron chi connectivity index (χ3n) is 2.32. The Kier molecular flexibility index (Phi) is 4.79. The standard InChI is InChI=1S/C11H13ClN2O2S/c1-14(17(15,16)8-4-7-12)11-6-3-2-5-10(11)9-13/h2-3,5-6H,4,7-8H2,1H3. The number of para-hydroxylation sites is 1. The molecular weight excluding hydrogens is 260 g/mol. The normalized spacial score (nSPS) is 10.9. The molecule has 0 heterocycles. The van der Waals surface area contributed by atoms with Crippen LogP contribution in [-0.4, -0.2) is 27.1 Å². The molecule has 0 fully saturated rings. The molecule has 0 saturated heterocycles. The summed E-state index contributed by atoms with van der Waals surface area (Å²) in [6, 6.07) is 8.56. The summed E-state index contributed by atoms with van der Waals surface area (Å²) in [5.74, 6) is 0.278. The first-order valence-electron chi connectivity index (χ1n) is 5.04. The lowest BCUT2D eigenvalue weighted by molar-refractivity contribution is 0.593. The number of benzene rings is 1. The molecule has 0 atom stereocenters. The molecule has 0 bridgehead atoms. The van der Waals surface area contributed by atoms with Gasteiger partial charge < -0.3 is 0 Å². The molecule has 6 heteroatoms. The first-order valence-corrected chi connectivity index (χ1v) is 7.19. The maximum absolute atomic E-state index is 11.9. The minimum absolute atomic E-state index is 0.0211. The molecule has 0 amide bonds. The number of sulfonamides is 1. The van der Waals surface area contributed by atoms with E-state index in [2.05, 4.69) is 0 Å². The average Bonchev–Trinajstić information content (AvgIpc) is 2.35. The molecule has 0 radical (unpaired) electrons. The van der Waals surface area contributed by atoms with Gasteiger partial charge in [-0.1, -0.05) is 12.1 Å². The minimum Gasteiger partial charge on any atom is -0.272 e. The van der Waals surface area contributed by atoms with Crippen molar-refractivity contribution in [3.8, 4) is 6.07 Å². The van der Waals surface area contributed by atoms with Gasteiger partial charge in [0.05, 0.1) is 17.0 Å². The molecule has 1 aromatic carbocycles. The molecule has 1 rings (SSSR count). The monoisotopic (exact) mass is 272 g/mol. The Balaban J connectivity index is 3.04. The lowest BCUT2D eigenvalue weighted by Gasteiger charge is -2.20. The van der Waals surface area contributed by atoms with Gasteiger partial charge in [0.1, 0.15) is 6.07 Å². The van der Waals surface area contributed by atoms with E-state index in [1.54, 1.807) is 24.3 Å². The van der Waals surface area contributed by atoms with E-state index in [4.69, 9.17) is 16.9 Å². The molecule has 17 heavy (non-hydrogen) atoms. The minimum atomic E-state index is -3.41. The van der Waals surface area contributed by atoms with Gasteiger partial charge >= 0.3 is 0 Å². The van der Waals surface area contributed by atoms with Crippen LogP contribution in [0.1, 0.15) is 12.0 Å². The fourth-order valence-corrected chi connectivity index (χ4v) is 2.90. The Hall–Kier alpha value is -1.25. The highest BCUT2D eigenvalue weighted by Crippen LogP contribution is 2.21. The summed E-state index contributed by atoms with van der Waals surface area (Å²) in [6.07, 6.45) is 0.392. The van der Waals surface area contributed by atoms with Crippen molar-refractivity contribution in [1.82, 2.24) is 0 Å². The fraction of sp³-hybridized carbons (Fsp3) is 0.364. The summed E-state index contributed by atoms with van der Waals surface area (Å²) in [5.41, 5.74) is 0.731. The molecule has 0 unspecified atom stereocenters. The second-order valence-electron chi connectivity index (χ2n) is 3.45. The Labute approximate surface area is 106 Å². The van der Waals surface area contributed by atoms with Crippen molar-refractivity contribution in [3.63, 3.8) is 0 Å². The number of rotatable bonds is 5. The van der Waals surface area contributed by atoms with E-state index in [1.807, 2.05) is 6.07 Å². The number of nitrogens with zero attached hydrogens (tertiary/aromatic N) is 2. The van der Waals surface area contributed by atoms with Gasteiger partial charge in [0.15, 0.2) is 0 Å². The third kappa shape index (κ3) is 3.35. The molecule has 0 aliphatic rings. The number of anilines is 1. The number of alkyl halides is 1. The first kappa shape index (κ1) is 13.8. The van der Waals surface area contributed by atoms with Crippen LogP contribution >= 0.6 is 11.6 Å². The number of nitriles is 1. The molecule has 0 saturated carbocycles. The number of hydrogen-bond donors (Lipinski definition) is 0. The topological polar surface area (TPSA) is 61.2 Å². The Bertz CT molecular complexity index is 523. The highest BCUT2D eigenvalue weighted by molar-refractivity contribution is 7.92. The zero-order chi connectivity index (χ0) is 12.9. The number of halogens is 1. The summed E-state index contributed by atoms with van der Waals surface area (Å²) >= 11 is 5.48. The van der Waals surface area contributed by atoms with E-state index < -0.39 is 10.0 Å². The van der Waals surface area contributed by atoms with E-state index in [-0.39, 0.29) is 5.75 Å². The van der Waals surface area contributed by atoms with Gasteiger partial charge in [0.25, 0.3) is 0 Å². The van der Waals surface area contributed by atoms with Gasteiger partial charge in [0, 0.05) is 12.9 Å². The smallest absolute Gasteiger partial charge is 0.234 e. The van der Waals surface area contributed by atoms with Gasteiger partial charge in [-0.05, 0) is 18.6 Å². The van der Waals surface area contributed by atoms with E-state index in [1.165, 1.54) is 7.05 Å². The average molecular weight is 273 g/mol. The Morgan fingerprint density at radius 2 is 2.06 bits per heavy atom. The van der Waals surface area contributed by atoms with E-state index in [0.29, 0.717) is 23.6 Å². The molecule has 0 aliphatic carbocycles. The Morgan fingerprint density at radius 3 is 2.65 bits per heavy atom.